The normalized spacial score (nSPS) is 14.9. The largest absolute Gasteiger partial charge is 0.467 e. The standard InChI is InChI=1S/C33H44F6N2O5S/c1-8-9-17-47-41(26-13-11-10-12-14-26)31(6,16-15-27(28(42)44-7)40-29(43)46-30(3,4)5)21-45-22(2)23-18-24(32(34,35)36)20-25(19-23)33(37,38)39/h10-14,18-20,22,27H,8-9,15-17,21H2,1-7H3,(H,40,43)/t22-,27?,31-/m1/s1. The summed E-state index contributed by atoms with van der Waals surface area (Å²) in [6, 6.07) is 9.47. The molecule has 0 aliphatic heterocycles. The number of unbranched alkanes of at least 4 members (excludes halogenated alkanes) is 1. The highest BCUT2D eigenvalue weighted by atomic mass is 32.2. The Kier molecular flexibility index (Phi) is 14.3. The van der Waals surface area contributed by atoms with Crippen LogP contribution < -0.4 is 9.62 Å². The Morgan fingerprint density at radius 2 is 1.51 bits per heavy atom. The number of amides is 1. The van der Waals surface area contributed by atoms with E-state index in [2.05, 4.69) is 5.32 Å². The molecular formula is C33H44F6N2O5S. The van der Waals surface area contributed by atoms with Crippen LogP contribution in [0.15, 0.2) is 48.5 Å². The number of methoxy groups -OCH3 is 1. The van der Waals surface area contributed by atoms with Crippen LogP contribution in [0.5, 0.6) is 0 Å². The highest BCUT2D eigenvalue weighted by Gasteiger charge is 2.39. The number of para-hydroxylation sites is 1. The highest BCUT2D eigenvalue weighted by Crippen LogP contribution is 2.40. The first-order chi connectivity index (χ1) is 21.7. The summed E-state index contributed by atoms with van der Waals surface area (Å²) in [6.45, 7) is 10.1. The quantitative estimate of drug-likeness (QED) is 0.0862. The van der Waals surface area contributed by atoms with Crippen molar-refractivity contribution in [2.45, 2.75) is 103 Å². The van der Waals surface area contributed by atoms with Gasteiger partial charge >= 0.3 is 24.4 Å². The topological polar surface area (TPSA) is 77.1 Å². The van der Waals surface area contributed by atoms with Crippen molar-refractivity contribution in [3.63, 3.8) is 0 Å². The number of hydrogen-bond acceptors (Lipinski definition) is 7. The first kappa shape index (κ1) is 40.0. The van der Waals surface area contributed by atoms with Gasteiger partial charge in [-0.25, -0.2) is 9.59 Å². The lowest BCUT2D eigenvalue weighted by Crippen LogP contribution is -2.50. The summed E-state index contributed by atoms with van der Waals surface area (Å²) >= 11 is 1.48. The molecule has 264 valence electrons. The third-order valence-corrected chi connectivity index (χ3v) is 8.45. The number of alkyl carbamates (subject to hydrolysis) is 1. The number of carbonyl (C=O) groups excluding carboxylic acids is 2. The maximum Gasteiger partial charge on any atom is 0.416 e. The number of esters is 1. The van der Waals surface area contributed by atoms with Gasteiger partial charge in [-0.1, -0.05) is 31.5 Å². The highest BCUT2D eigenvalue weighted by molar-refractivity contribution is 8.00. The third kappa shape index (κ3) is 12.8. The number of carbonyl (C=O) groups is 2. The fraction of sp³-hybridized carbons (Fsp3) is 0.576. The average molecular weight is 695 g/mol. The summed E-state index contributed by atoms with van der Waals surface area (Å²) in [7, 11) is 1.18. The van der Waals surface area contributed by atoms with Gasteiger partial charge in [0.25, 0.3) is 0 Å². The maximum atomic E-state index is 13.6. The molecule has 0 aromatic heterocycles. The molecule has 47 heavy (non-hydrogen) atoms. The van der Waals surface area contributed by atoms with E-state index in [4.69, 9.17) is 14.2 Å². The average Bonchev–Trinajstić information content (AvgIpc) is 2.98. The molecule has 1 amide bonds. The zero-order valence-corrected chi connectivity index (χ0v) is 28.5. The van der Waals surface area contributed by atoms with Gasteiger partial charge in [-0.15, -0.1) is 0 Å². The summed E-state index contributed by atoms with van der Waals surface area (Å²) in [4.78, 5) is 25.3. The molecule has 0 fully saturated rings. The summed E-state index contributed by atoms with van der Waals surface area (Å²) in [6.07, 6.45) is -10.0. The van der Waals surface area contributed by atoms with E-state index >= 15 is 0 Å². The van der Waals surface area contributed by atoms with E-state index in [0.29, 0.717) is 17.9 Å². The molecule has 3 atom stereocenters. The second-order valence-corrected chi connectivity index (χ2v) is 13.4. The second kappa shape index (κ2) is 16.8. The van der Waals surface area contributed by atoms with Crippen molar-refractivity contribution in [2.24, 2.45) is 0 Å². The molecule has 7 nitrogen and oxygen atoms in total. The van der Waals surface area contributed by atoms with Gasteiger partial charge in [-0.3, -0.25) is 0 Å². The summed E-state index contributed by atoms with van der Waals surface area (Å²) < 4.78 is 99.7. The van der Waals surface area contributed by atoms with Crippen LogP contribution in [-0.4, -0.2) is 48.7 Å². The van der Waals surface area contributed by atoms with E-state index in [1.165, 1.54) is 26.0 Å². The second-order valence-electron chi connectivity index (χ2n) is 12.4. The van der Waals surface area contributed by atoms with Crippen molar-refractivity contribution in [1.29, 1.82) is 0 Å². The van der Waals surface area contributed by atoms with Crippen molar-refractivity contribution >= 4 is 29.7 Å². The molecule has 0 bridgehead atoms. The van der Waals surface area contributed by atoms with Gasteiger partial charge in [0.1, 0.15) is 11.6 Å². The first-order valence-electron chi connectivity index (χ1n) is 15.2. The predicted molar refractivity (Wildman–Crippen MR) is 170 cm³/mol. The van der Waals surface area contributed by atoms with E-state index in [0.717, 1.165) is 18.5 Å². The summed E-state index contributed by atoms with van der Waals surface area (Å²) in [5.41, 5.74) is -4.23. The van der Waals surface area contributed by atoms with Gasteiger partial charge in [0, 0.05) is 11.4 Å². The minimum absolute atomic E-state index is 0.0413. The zero-order chi connectivity index (χ0) is 35.6. The van der Waals surface area contributed by atoms with Crippen LogP contribution in [-0.2, 0) is 31.4 Å². The van der Waals surface area contributed by atoms with E-state index in [1.807, 2.05) is 48.5 Å². The van der Waals surface area contributed by atoms with E-state index in [9.17, 15) is 35.9 Å². The molecule has 0 aliphatic carbocycles. The maximum absolute atomic E-state index is 13.6. The van der Waals surface area contributed by atoms with Crippen molar-refractivity contribution < 1.29 is 50.1 Å². The third-order valence-electron chi connectivity index (χ3n) is 7.07. The number of anilines is 1. The Balaban J connectivity index is 2.51. The van der Waals surface area contributed by atoms with Crippen LogP contribution in [0.4, 0.5) is 36.8 Å². The van der Waals surface area contributed by atoms with Crippen LogP contribution in [0, 0.1) is 0 Å². The van der Waals surface area contributed by atoms with Gasteiger partial charge in [0.2, 0.25) is 0 Å². The Morgan fingerprint density at radius 3 is 2.00 bits per heavy atom. The summed E-state index contributed by atoms with van der Waals surface area (Å²) in [5.74, 6) is -0.0311. The Morgan fingerprint density at radius 1 is 0.936 bits per heavy atom. The van der Waals surface area contributed by atoms with Crippen LogP contribution in [0.3, 0.4) is 0 Å². The molecule has 0 saturated carbocycles. The molecule has 14 heteroatoms. The number of halogens is 6. The molecule has 2 aromatic carbocycles. The van der Waals surface area contributed by atoms with Crippen molar-refractivity contribution in [1.82, 2.24) is 5.32 Å². The van der Waals surface area contributed by atoms with Gasteiger partial charge in [0.05, 0.1) is 36.5 Å². The van der Waals surface area contributed by atoms with E-state index < -0.39 is 58.8 Å². The number of rotatable bonds is 15. The molecule has 0 heterocycles. The van der Waals surface area contributed by atoms with Crippen LogP contribution in [0.25, 0.3) is 0 Å². The lowest BCUT2D eigenvalue weighted by atomic mass is 9.93. The molecule has 0 saturated heterocycles. The smallest absolute Gasteiger partial charge is 0.416 e. The molecular weight excluding hydrogens is 650 g/mol. The van der Waals surface area contributed by atoms with E-state index in [-0.39, 0.29) is 31.1 Å². The Bertz CT molecular complexity index is 1270. The van der Waals surface area contributed by atoms with Gasteiger partial charge in [-0.05, 0) is 102 Å². The lowest BCUT2D eigenvalue weighted by Gasteiger charge is -2.43. The molecule has 2 rings (SSSR count). The molecule has 0 aliphatic rings. The van der Waals surface area contributed by atoms with Gasteiger partial charge < -0.3 is 23.8 Å². The number of nitrogens with one attached hydrogen (secondary N) is 1. The van der Waals surface area contributed by atoms with Crippen LogP contribution in [0.2, 0.25) is 0 Å². The van der Waals surface area contributed by atoms with E-state index in [1.54, 1.807) is 20.8 Å². The van der Waals surface area contributed by atoms with Gasteiger partial charge in [-0.2, -0.15) is 26.3 Å². The number of alkyl halides is 6. The molecule has 1 unspecified atom stereocenters. The molecule has 1 N–H and O–H groups in total. The van der Waals surface area contributed by atoms with Crippen molar-refractivity contribution in [2.75, 3.05) is 23.8 Å². The molecule has 0 spiro atoms. The number of ether oxygens (including phenoxy) is 3. The minimum atomic E-state index is -5.01. The van der Waals surface area contributed by atoms with Crippen molar-refractivity contribution in [3.05, 3.63) is 65.2 Å². The SMILES string of the molecule is CCCCSN(c1ccccc1)[C@](C)(CCC(NC(=O)OC(C)(C)C)C(=O)OC)CO[C@H](C)c1cc(C(F)(F)F)cc(C(F)(F)F)c1. The Labute approximate surface area is 276 Å². The molecule has 0 radical (unpaired) electrons. The predicted octanol–water partition coefficient (Wildman–Crippen LogP) is 9.36. The van der Waals surface area contributed by atoms with Crippen LogP contribution in [0.1, 0.15) is 90.0 Å². The Hall–Kier alpha value is -3.13. The molecule has 2 aromatic rings. The van der Waals surface area contributed by atoms with Gasteiger partial charge in [0.15, 0.2) is 0 Å². The number of hydrogen-bond donors (Lipinski definition) is 1. The summed E-state index contributed by atoms with van der Waals surface area (Å²) in [5, 5.41) is 2.54. The number of nitrogens with zero attached hydrogens (tertiary/aromatic N) is 1. The fourth-order valence-electron chi connectivity index (χ4n) is 4.55. The minimum Gasteiger partial charge on any atom is -0.467 e. The first-order valence-corrected chi connectivity index (χ1v) is 16.1. The van der Waals surface area contributed by atoms with Crippen LogP contribution >= 0.6 is 11.9 Å². The fourth-order valence-corrected chi connectivity index (χ4v) is 5.88. The zero-order valence-electron chi connectivity index (χ0n) is 27.7. The number of benzene rings is 2. The lowest BCUT2D eigenvalue weighted by molar-refractivity contribution is -0.144. The van der Waals surface area contributed by atoms with Crippen molar-refractivity contribution in [3.8, 4) is 0 Å². The monoisotopic (exact) mass is 694 g/mol.